The lowest BCUT2D eigenvalue weighted by Gasteiger charge is -2.27. The number of hydrogen-bond acceptors (Lipinski definition) is 5. The molecule has 1 aliphatic heterocycles. The second-order valence-corrected chi connectivity index (χ2v) is 8.69. The van der Waals surface area contributed by atoms with Crippen molar-refractivity contribution in [1.82, 2.24) is 9.13 Å². The van der Waals surface area contributed by atoms with Gasteiger partial charge in [0.1, 0.15) is 11.6 Å². The average Bonchev–Trinajstić information content (AvgIpc) is 2.89. The normalized spacial score (nSPS) is 14.9. The maximum Gasteiger partial charge on any atom is 0.272 e. The molecule has 0 saturated carbocycles. The van der Waals surface area contributed by atoms with Crippen molar-refractivity contribution in [2.45, 2.75) is 12.5 Å². The Balaban J connectivity index is 1.84. The molecule has 0 fully saturated rings. The highest BCUT2D eigenvalue weighted by Gasteiger charge is 2.34. The lowest BCUT2D eigenvalue weighted by Crippen LogP contribution is -2.87. The molecule has 0 spiro atoms. The smallest absolute Gasteiger partial charge is 0.272 e. The van der Waals surface area contributed by atoms with Crippen LogP contribution in [0.1, 0.15) is 22.7 Å². The van der Waals surface area contributed by atoms with Gasteiger partial charge in [-0.1, -0.05) is 36.4 Å². The van der Waals surface area contributed by atoms with Gasteiger partial charge in [-0.05, 0) is 54.2 Å². The summed E-state index contributed by atoms with van der Waals surface area (Å²) in [6.45, 7) is 0.748. The van der Waals surface area contributed by atoms with Gasteiger partial charge < -0.3 is 19.9 Å². The van der Waals surface area contributed by atoms with Crippen LogP contribution in [0, 0.1) is 4.77 Å². The molecule has 8 heteroatoms. The second kappa shape index (κ2) is 9.40. The van der Waals surface area contributed by atoms with E-state index in [1.807, 2.05) is 72.8 Å². The van der Waals surface area contributed by atoms with Crippen LogP contribution in [-0.4, -0.2) is 35.0 Å². The molecule has 1 aliphatic rings. The first-order chi connectivity index (χ1) is 17.0. The van der Waals surface area contributed by atoms with Gasteiger partial charge in [0.05, 0.1) is 32.1 Å². The number of para-hydroxylation sites is 2. The summed E-state index contributed by atoms with van der Waals surface area (Å²) in [6, 6.07) is 22.0. The maximum atomic E-state index is 14.0. The van der Waals surface area contributed by atoms with Crippen molar-refractivity contribution < 1.29 is 19.9 Å². The highest BCUT2D eigenvalue weighted by atomic mass is 32.1. The Morgan fingerprint density at radius 1 is 0.914 bits per heavy atom. The van der Waals surface area contributed by atoms with Crippen LogP contribution < -0.4 is 20.3 Å². The number of rotatable bonds is 5. The lowest BCUT2D eigenvalue weighted by molar-refractivity contribution is -0.690. The molecule has 5 rings (SSSR count). The quantitative estimate of drug-likeness (QED) is 0.422. The van der Waals surface area contributed by atoms with Crippen molar-refractivity contribution in [3.8, 4) is 28.8 Å². The minimum absolute atomic E-state index is 0.165. The SMILES string of the molecule is COc1cc2c(cc1OC)[C@@H](c1c(O)n(-c3ccccc3)c(=S)n(-c3ccccc3)c1=O)[NH2+]CC2. The molecule has 2 heterocycles. The van der Waals surface area contributed by atoms with Crippen LogP contribution in [0.2, 0.25) is 0 Å². The monoisotopic (exact) mass is 488 g/mol. The van der Waals surface area contributed by atoms with E-state index in [4.69, 9.17) is 21.7 Å². The molecule has 0 bridgehead atoms. The van der Waals surface area contributed by atoms with Crippen molar-refractivity contribution >= 4 is 12.2 Å². The number of methoxy groups -OCH3 is 2. The van der Waals surface area contributed by atoms with E-state index in [1.54, 1.807) is 18.8 Å². The zero-order chi connectivity index (χ0) is 24.5. The van der Waals surface area contributed by atoms with E-state index in [0.29, 0.717) is 22.9 Å². The van der Waals surface area contributed by atoms with Gasteiger partial charge in [-0.3, -0.25) is 13.9 Å². The van der Waals surface area contributed by atoms with E-state index >= 15 is 0 Å². The number of aromatic hydroxyl groups is 1. The first-order valence-corrected chi connectivity index (χ1v) is 11.8. The third-order valence-electron chi connectivity index (χ3n) is 6.41. The molecular weight excluding hydrogens is 462 g/mol. The average molecular weight is 489 g/mol. The van der Waals surface area contributed by atoms with Crippen LogP contribution in [0.5, 0.6) is 17.4 Å². The lowest BCUT2D eigenvalue weighted by atomic mass is 9.90. The van der Waals surface area contributed by atoms with E-state index in [0.717, 1.165) is 24.1 Å². The van der Waals surface area contributed by atoms with Crippen LogP contribution >= 0.6 is 12.2 Å². The van der Waals surface area contributed by atoms with Gasteiger partial charge in [-0.25, -0.2) is 0 Å². The number of nitrogens with two attached hydrogens (primary N) is 1. The molecule has 0 unspecified atom stereocenters. The number of benzene rings is 3. The van der Waals surface area contributed by atoms with Crippen LogP contribution in [-0.2, 0) is 6.42 Å². The zero-order valence-electron chi connectivity index (χ0n) is 19.5. The predicted molar refractivity (Wildman–Crippen MR) is 136 cm³/mol. The van der Waals surface area contributed by atoms with Gasteiger partial charge in [0.2, 0.25) is 5.88 Å². The van der Waals surface area contributed by atoms with E-state index in [2.05, 4.69) is 5.32 Å². The van der Waals surface area contributed by atoms with Crippen molar-refractivity contribution in [2.75, 3.05) is 20.8 Å². The summed E-state index contributed by atoms with van der Waals surface area (Å²) in [7, 11) is 3.19. The summed E-state index contributed by atoms with van der Waals surface area (Å²) in [6.07, 6.45) is 0.803. The molecule has 3 aromatic carbocycles. The Morgan fingerprint density at radius 3 is 2.09 bits per heavy atom. The summed E-state index contributed by atoms with van der Waals surface area (Å²) < 4.78 is 14.3. The number of quaternary nitrogens is 1. The van der Waals surface area contributed by atoms with E-state index in [-0.39, 0.29) is 21.8 Å². The van der Waals surface area contributed by atoms with Gasteiger partial charge in [0.25, 0.3) is 5.56 Å². The largest absolute Gasteiger partial charge is 0.494 e. The highest BCUT2D eigenvalue weighted by molar-refractivity contribution is 7.71. The molecule has 178 valence electrons. The molecule has 4 aromatic rings. The van der Waals surface area contributed by atoms with Gasteiger partial charge in [0, 0.05) is 12.0 Å². The first kappa shape index (κ1) is 22.9. The Hall–Kier alpha value is -3.88. The minimum atomic E-state index is -0.452. The number of fused-ring (bicyclic) bond motifs is 1. The summed E-state index contributed by atoms with van der Waals surface area (Å²) in [5.74, 6) is 1.05. The van der Waals surface area contributed by atoms with Crippen LogP contribution in [0.3, 0.4) is 0 Å². The summed E-state index contributed by atoms with van der Waals surface area (Å²) in [4.78, 5) is 14.0. The Bertz CT molecular complexity index is 1500. The van der Waals surface area contributed by atoms with Crippen LogP contribution in [0.4, 0.5) is 0 Å². The van der Waals surface area contributed by atoms with Crippen molar-refractivity contribution in [3.05, 3.63) is 105 Å². The molecule has 35 heavy (non-hydrogen) atoms. The number of nitrogens with zero attached hydrogens (tertiary/aromatic N) is 2. The second-order valence-electron chi connectivity index (χ2n) is 8.32. The van der Waals surface area contributed by atoms with Crippen LogP contribution in [0.25, 0.3) is 11.4 Å². The summed E-state index contributed by atoms with van der Waals surface area (Å²) >= 11 is 5.76. The van der Waals surface area contributed by atoms with Crippen molar-refractivity contribution in [2.24, 2.45) is 0 Å². The van der Waals surface area contributed by atoms with E-state index < -0.39 is 6.04 Å². The van der Waals surface area contributed by atoms with Crippen LogP contribution in [0.15, 0.2) is 77.6 Å². The Morgan fingerprint density at radius 2 is 1.49 bits per heavy atom. The van der Waals surface area contributed by atoms with Gasteiger partial charge >= 0.3 is 0 Å². The molecule has 0 amide bonds. The maximum absolute atomic E-state index is 14.0. The molecule has 7 nitrogen and oxygen atoms in total. The fraction of sp³-hybridized carbons (Fsp3) is 0.185. The number of ether oxygens (including phenoxy) is 2. The summed E-state index contributed by atoms with van der Waals surface area (Å²) in [5.41, 5.74) is 3.17. The highest BCUT2D eigenvalue weighted by Crippen LogP contribution is 2.37. The molecule has 0 saturated heterocycles. The molecule has 0 radical (unpaired) electrons. The van der Waals surface area contributed by atoms with E-state index in [9.17, 15) is 9.90 Å². The Labute approximate surface area is 207 Å². The minimum Gasteiger partial charge on any atom is -0.494 e. The third kappa shape index (κ3) is 3.90. The fourth-order valence-corrected chi connectivity index (χ4v) is 5.13. The van der Waals surface area contributed by atoms with Crippen molar-refractivity contribution in [1.29, 1.82) is 0 Å². The molecule has 1 aromatic heterocycles. The van der Waals surface area contributed by atoms with E-state index in [1.165, 1.54) is 4.57 Å². The predicted octanol–water partition coefficient (Wildman–Crippen LogP) is 3.29. The van der Waals surface area contributed by atoms with Crippen molar-refractivity contribution in [3.63, 3.8) is 0 Å². The zero-order valence-corrected chi connectivity index (χ0v) is 20.3. The molecular formula is C27H26N3O4S+. The van der Waals surface area contributed by atoms with Gasteiger partial charge in [0.15, 0.2) is 16.3 Å². The number of hydrogen-bond donors (Lipinski definition) is 2. The molecule has 0 aliphatic carbocycles. The van der Waals surface area contributed by atoms with Gasteiger partial charge in [-0.15, -0.1) is 0 Å². The summed E-state index contributed by atoms with van der Waals surface area (Å²) in [5, 5.41) is 13.7. The molecule has 3 N–H and O–H groups in total. The fourth-order valence-electron chi connectivity index (χ4n) is 4.75. The Kier molecular flexibility index (Phi) is 6.15. The molecule has 1 atom stereocenters. The number of aromatic nitrogens is 2. The standard InChI is InChI=1S/C27H25N3O4S/c1-33-21-15-17-13-14-28-24(20(17)16-22(21)34-2)23-25(31)29(18-9-5-3-6-10-18)27(35)30(26(23)32)19-11-7-4-8-12-19/h3-12,15-16,24,28,31H,13-14H2,1-2H3/p+1/t24-/m0/s1. The first-order valence-electron chi connectivity index (χ1n) is 11.3. The van der Waals surface area contributed by atoms with Gasteiger partial charge in [-0.2, -0.15) is 0 Å². The topological polar surface area (TPSA) is 82.2 Å². The third-order valence-corrected chi connectivity index (χ3v) is 6.77.